The van der Waals surface area contributed by atoms with E-state index in [0.717, 1.165) is 49.0 Å². The molecule has 1 aliphatic heterocycles. The lowest BCUT2D eigenvalue weighted by Crippen LogP contribution is -2.14. The van der Waals surface area contributed by atoms with Gasteiger partial charge in [0, 0.05) is 31.7 Å². The van der Waals surface area contributed by atoms with Gasteiger partial charge in [-0.25, -0.2) is 9.98 Å². The van der Waals surface area contributed by atoms with Crippen LogP contribution in [0.4, 0.5) is 5.69 Å². The molecule has 0 amide bonds. The smallest absolute Gasteiger partial charge is 0.151 e. The van der Waals surface area contributed by atoms with Crippen molar-refractivity contribution in [3.05, 3.63) is 42.0 Å². The number of nitrogens with one attached hydrogen (secondary N) is 1. The Hall–Kier alpha value is -2.14. The molecule has 2 heterocycles. The van der Waals surface area contributed by atoms with Crippen molar-refractivity contribution in [1.29, 1.82) is 0 Å². The first-order valence-corrected chi connectivity index (χ1v) is 7.58. The van der Waals surface area contributed by atoms with Crippen molar-refractivity contribution < 1.29 is 9.47 Å². The van der Waals surface area contributed by atoms with E-state index >= 15 is 0 Å². The minimum absolute atomic E-state index is 0.507. The molecule has 5 heteroatoms. The van der Waals surface area contributed by atoms with Crippen LogP contribution in [0.1, 0.15) is 37.1 Å². The quantitative estimate of drug-likeness (QED) is 0.880. The number of rotatable bonds is 4. The summed E-state index contributed by atoms with van der Waals surface area (Å²) in [7, 11) is 1.71. The SMILES string of the molecule is COc1cc(N=C(C)c2ncc[nH]2)ccc1C1CCOCC1. The Morgan fingerprint density at radius 2 is 2.18 bits per heavy atom. The van der Waals surface area contributed by atoms with E-state index in [1.165, 1.54) is 5.56 Å². The summed E-state index contributed by atoms with van der Waals surface area (Å²) in [6.45, 7) is 3.59. The Labute approximate surface area is 130 Å². The lowest BCUT2D eigenvalue weighted by atomic mass is 9.91. The largest absolute Gasteiger partial charge is 0.496 e. The van der Waals surface area contributed by atoms with Crippen molar-refractivity contribution in [2.75, 3.05) is 20.3 Å². The van der Waals surface area contributed by atoms with Gasteiger partial charge in [-0.2, -0.15) is 0 Å². The molecule has 0 radical (unpaired) electrons. The molecule has 1 fully saturated rings. The van der Waals surface area contributed by atoms with Crippen LogP contribution in [0.3, 0.4) is 0 Å². The van der Waals surface area contributed by atoms with Gasteiger partial charge in [-0.05, 0) is 37.3 Å². The van der Waals surface area contributed by atoms with Crippen LogP contribution in [-0.4, -0.2) is 36.0 Å². The van der Waals surface area contributed by atoms with Gasteiger partial charge in [0.1, 0.15) is 5.75 Å². The number of methoxy groups -OCH3 is 1. The number of aliphatic imine (C=N–C) groups is 1. The molecule has 3 rings (SSSR count). The van der Waals surface area contributed by atoms with Crippen molar-refractivity contribution >= 4 is 11.4 Å². The minimum atomic E-state index is 0.507. The predicted molar refractivity (Wildman–Crippen MR) is 86.2 cm³/mol. The number of H-pyrrole nitrogens is 1. The maximum atomic E-state index is 5.58. The van der Waals surface area contributed by atoms with E-state index in [0.29, 0.717) is 5.92 Å². The third kappa shape index (κ3) is 3.20. The molecule has 116 valence electrons. The molecule has 1 aromatic carbocycles. The molecular weight excluding hydrogens is 278 g/mol. The second-order valence-electron chi connectivity index (χ2n) is 5.45. The summed E-state index contributed by atoms with van der Waals surface area (Å²) in [5, 5.41) is 0. The highest BCUT2D eigenvalue weighted by molar-refractivity contribution is 5.97. The van der Waals surface area contributed by atoms with Gasteiger partial charge in [0.25, 0.3) is 0 Å². The fourth-order valence-electron chi connectivity index (χ4n) is 2.82. The Balaban J connectivity index is 1.86. The highest BCUT2D eigenvalue weighted by Gasteiger charge is 2.19. The maximum absolute atomic E-state index is 5.58. The third-order valence-electron chi connectivity index (χ3n) is 4.02. The van der Waals surface area contributed by atoms with Crippen LogP contribution in [0.25, 0.3) is 0 Å². The number of imidazole rings is 1. The second kappa shape index (κ2) is 6.75. The summed E-state index contributed by atoms with van der Waals surface area (Å²) in [6.07, 6.45) is 5.61. The Morgan fingerprint density at radius 1 is 1.36 bits per heavy atom. The maximum Gasteiger partial charge on any atom is 0.151 e. The predicted octanol–water partition coefficient (Wildman–Crippen LogP) is 3.45. The molecule has 1 saturated heterocycles. The summed E-state index contributed by atoms with van der Waals surface area (Å²) >= 11 is 0. The van der Waals surface area contributed by atoms with Gasteiger partial charge in [-0.3, -0.25) is 0 Å². The van der Waals surface area contributed by atoms with E-state index in [9.17, 15) is 0 Å². The van der Waals surface area contributed by atoms with E-state index < -0.39 is 0 Å². The van der Waals surface area contributed by atoms with E-state index in [2.05, 4.69) is 21.0 Å². The van der Waals surface area contributed by atoms with Gasteiger partial charge in [0.05, 0.1) is 18.5 Å². The van der Waals surface area contributed by atoms with Crippen LogP contribution in [0.2, 0.25) is 0 Å². The number of hydrogen-bond donors (Lipinski definition) is 1. The average molecular weight is 299 g/mol. The Kier molecular flexibility index (Phi) is 4.53. The molecule has 1 aliphatic rings. The molecule has 0 unspecified atom stereocenters. The number of aromatic nitrogens is 2. The molecule has 0 spiro atoms. The molecule has 5 nitrogen and oxygen atoms in total. The third-order valence-corrected chi connectivity index (χ3v) is 4.02. The highest BCUT2D eigenvalue weighted by atomic mass is 16.5. The van der Waals surface area contributed by atoms with Crippen LogP contribution < -0.4 is 4.74 Å². The van der Waals surface area contributed by atoms with Crippen molar-refractivity contribution in [1.82, 2.24) is 9.97 Å². The first kappa shape index (κ1) is 14.8. The number of hydrogen-bond acceptors (Lipinski definition) is 4. The Morgan fingerprint density at radius 3 is 2.86 bits per heavy atom. The van der Waals surface area contributed by atoms with Crippen LogP contribution >= 0.6 is 0 Å². The molecule has 1 aromatic heterocycles. The lowest BCUT2D eigenvalue weighted by molar-refractivity contribution is 0.0848. The molecule has 0 bridgehead atoms. The Bertz CT molecular complexity index is 644. The molecule has 22 heavy (non-hydrogen) atoms. The minimum Gasteiger partial charge on any atom is -0.496 e. The van der Waals surface area contributed by atoms with Gasteiger partial charge in [0.15, 0.2) is 5.82 Å². The number of aromatic amines is 1. The van der Waals surface area contributed by atoms with E-state index in [4.69, 9.17) is 9.47 Å². The first-order valence-electron chi connectivity index (χ1n) is 7.58. The van der Waals surface area contributed by atoms with Crippen molar-refractivity contribution in [3.63, 3.8) is 0 Å². The van der Waals surface area contributed by atoms with Gasteiger partial charge in [0.2, 0.25) is 0 Å². The van der Waals surface area contributed by atoms with Gasteiger partial charge in [-0.15, -0.1) is 0 Å². The summed E-state index contributed by atoms with van der Waals surface area (Å²) in [4.78, 5) is 11.9. The molecule has 2 aromatic rings. The lowest BCUT2D eigenvalue weighted by Gasteiger charge is -2.24. The fourth-order valence-corrected chi connectivity index (χ4v) is 2.82. The molecule has 0 aliphatic carbocycles. The van der Waals surface area contributed by atoms with Crippen LogP contribution in [-0.2, 0) is 4.74 Å². The first-order chi connectivity index (χ1) is 10.8. The summed E-state index contributed by atoms with van der Waals surface area (Å²) < 4.78 is 11.0. The summed E-state index contributed by atoms with van der Waals surface area (Å²) in [5.74, 6) is 2.20. The molecule has 1 N–H and O–H groups in total. The van der Waals surface area contributed by atoms with Crippen molar-refractivity contribution in [2.24, 2.45) is 4.99 Å². The van der Waals surface area contributed by atoms with Gasteiger partial charge >= 0.3 is 0 Å². The number of ether oxygens (including phenoxy) is 2. The fraction of sp³-hybridized carbons (Fsp3) is 0.412. The molecular formula is C17H21N3O2. The normalized spacial score (nSPS) is 16.7. The molecule has 0 atom stereocenters. The average Bonchev–Trinajstić information content (AvgIpc) is 3.10. The van der Waals surface area contributed by atoms with E-state index in [1.807, 2.05) is 19.1 Å². The monoisotopic (exact) mass is 299 g/mol. The van der Waals surface area contributed by atoms with Crippen molar-refractivity contribution in [2.45, 2.75) is 25.7 Å². The summed E-state index contributed by atoms with van der Waals surface area (Å²) in [5.41, 5.74) is 2.98. The van der Waals surface area contributed by atoms with Crippen LogP contribution in [0, 0.1) is 0 Å². The zero-order valence-electron chi connectivity index (χ0n) is 13.0. The van der Waals surface area contributed by atoms with E-state index in [1.54, 1.807) is 19.5 Å². The van der Waals surface area contributed by atoms with Gasteiger partial charge in [-0.1, -0.05) is 6.07 Å². The topological polar surface area (TPSA) is 59.5 Å². The zero-order valence-corrected chi connectivity index (χ0v) is 13.0. The van der Waals surface area contributed by atoms with Crippen LogP contribution in [0.5, 0.6) is 5.75 Å². The summed E-state index contributed by atoms with van der Waals surface area (Å²) in [6, 6.07) is 6.17. The van der Waals surface area contributed by atoms with Crippen molar-refractivity contribution in [3.8, 4) is 5.75 Å². The number of nitrogens with zero attached hydrogens (tertiary/aromatic N) is 2. The molecule has 0 saturated carbocycles. The van der Waals surface area contributed by atoms with Gasteiger partial charge < -0.3 is 14.5 Å². The number of benzene rings is 1. The standard InChI is InChI=1S/C17H21N3O2/c1-12(17-18-7-8-19-17)20-14-3-4-15(16(11-14)21-2)13-5-9-22-10-6-13/h3-4,7-8,11,13H,5-6,9-10H2,1-2H3,(H,18,19). The van der Waals surface area contributed by atoms with Crippen LogP contribution in [0.15, 0.2) is 35.6 Å². The second-order valence-corrected chi connectivity index (χ2v) is 5.45. The zero-order chi connectivity index (χ0) is 15.4. The van der Waals surface area contributed by atoms with E-state index in [-0.39, 0.29) is 0 Å². The highest BCUT2D eigenvalue weighted by Crippen LogP contribution is 2.36.